The van der Waals surface area contributed by atoms with Gasteiger partial charge in [-0.2, -0.15) is 4.98 Å². The Balaban J connectivity index is 2.01. The van der Waals surface area contributed by atoms with Gasteiger partial charge in [-0.25, -0.2) is 0 Å². The Labute approximate surface area is 119 Å². The van der Waals surface area contributed by atoms with Crippen molar-refractivity contribution in [2.75, 3.05) is 0 Å². The van der Waals surface area contributed by atoms with E-state index in [2.05, 4.69) is 4.98 Å². The number of rotatable bonds is 3. The van der Waals surface area contributed by atoms with Crippen molar-refractivity contribution >= 4 is 11.3 Å². The van der Waals surface area contributed by atoms with Crippen molar-refractivity contribution in [1.29, 1.82) is 0 Å². The highest BCUT2D eigenvalue weighted by molar-refractivity contribution is 5.40. The first-order chi connectivity index (χ1) is 10.1. The van der Waals surface area contributed by atoms with Gasteiger partial charge in [-0.3, -0.25) is 14.9 Å². The second kappa shape index (κ2) is 5.16. The molecule has 6 nitrogen and oxygen atoms in total. The maximum atomic E-state index is 12.0. The van der Waals surface area contributed by atoms with E-state index in [-0.39, 0.29) is 11.2 Å². The number of hydrogen-bond donors (Lipinski definition) is 0. The number of nitrogens with zero attached hydrogens (tertiary/aromatic N) is 3. The second-order valence-corrected chi connectivity index (χ2v) is 4.64. The molecule has 0 saturated heterocycles. The zero-order valence-corrected chi connectivity index (χ0v) is 11.0. The first-order valence-electron chi connectivity index (χ1n) is 6.34. The van der Waals surface area contributed by atoms with Gasteiger partial charge in [0.1, 0.15) is 5.65 Å². The van der Waals surface area contributed by atoms with Crippen LogP contribution in [0.2, 0.25) is 0 Å². The molecule has 0 bridgehead atoms. The zero-order valence-electron chi connectivity index (χ0n) is 11.0. The van der Waals surface area contributed by atoms with E-state index >= 15 is 0 Å². The van der Waals surface area contributed by atoms with E-state index < -0.39 is 4.92 Å². The minimum absolute atomic E-state index is 0.0151. The topological polar surface area (TPSA) is 77.5 Å². The summed E-state index contributed by atoms with van der Waals surface area (Å²) in [6.45, 7) is 0. The van der Waals surface area contributed by atoms with E-state index in [9.17, 15) is 14.9 Å². The van der Waals surface area contributed by atoms with Crippen molar-refractivity contribution in [3.63, 3.8) is 0 Å². The number of fused-ring (bicyclic) bond motifs is 1. The minimum atomic E-state index is -0.449. The van der Waals surface area contributed by atoms with Crippen LogP contribution in [0, 0.1) is 10.1 Å². The van der Waals surface area contributed by atoms with Crippen LogP contribution in [0.1, 0.15) is 11.1 Å². The van der Waals surface area contributed by atoms with E-state index in [0.717, 1.165) is 0 Å². The molecule has 0 unspecified atom stereocenters. The molecule has 0 amide bonds. The van der Waals surface area contributed by atoms with Crippen molar-refractivity contribution in [3.05, 3.63) is 86.5 Å². The summed E-state index contributed by atoms with van der Waals surface area (Å²) in [7, 11) is 0. The third-order valence-corrected chi connectivity index (χ3v) is 3.17. The summed E-state index contributed by atoms with van der Waals surface area (Å²) in [5.74, 6) is 0. The van der Waals surface area contributed by atoms with Crippen molar-refractivity contribution in [2.24, 2.45) is 0 Å². The van der Waals surface area contributed by atoms with Crippen LogP contribution in [0.5, 0.6) is 0 Å². The molecule has 3 rings (SSSR count). The molecule has 0 atom stereocenters. The van der Waals surface area contributed by atoms with Gasteiger partial charge in [0.2, 0.25) is 0 Å². The van der Waals surface area contributed by atoms with Crippen LogP contribution in [0.15, 0.2) is 59.7 Å². The van der Waals surface area contributed by atoms with Crippen molar-refractivity contribution in [2.45, 2.75) is 6.42 Å². The van der Waals surface area contributed by atoms with Crippen LogP contribution < -0.4 is 5.56 Å². The Kier molecular flexibility index (Phi) is 3.19. The molecule has 2 aromatic heterocycles. The van der Waals surface area contributed by atoms with Gasteiger partial charge in [0.05, 0.1) is 4.92 Å². The number of nitro groups is 1. The van der Waals surface area contributed by atoms with Gasteiger partial charge in [0.15, 0.2) is 0 Å². The summed E-state index contributed by atoms with van der Waals surface area (Å²) in [5.41, 5.74) is 1.48. The highest BCUT2D eigenvalue weighted by Crippen LogP contribution is 2.15. The van der Waals surface area contributed by atoms with Crippen molar-refractivity contribution < 1.29 is 4.92 Å². The smallest absolute Gasteiger partial charge is 0.276 e. The van der Waals surface area contributed by atoms with E-state index in [0.29, 0.717) is 23.2 Å². The van der Waals surface area contributed by atoms with Crippen LogP contribution in [-0.4, -0.2) is 14.3 Å². The second-order valence-electron chi connectivity index (χ2n) is 4.64. The van der Waals surface area contributed by atoms with Crippen molar-refractivity contribution in [3.8, 4) is 0 Å². The lowest BCUT2D eigenvalue weighted by molar-refractivity contribution is -0.384. The molecule has 6 heteroatoms. The summed E-state index contributed by atoms with van der Waals surface area (Å²) >= 11 is 0. The van der Waals surface area contributed by atoms with Gasteiger partial charge < -0.3 is 4.40 Å². The lowest BCUT2D eigenvalue weighted by Gasteiger charge is -2.04. The summed E-state index contributed by atoms with van der Waals surface area (Å²) in [6, 6.07) is 11.7. The van der Waals surface area contributed by atoms with Crippen LogP contribution in [-0.2, 0) is 6.42 Å². The Bertz CT molecular complexity index is 886. The first-order valence-corrected chi connectivity index (χ1v) is 6.34. The van der Waals surface area contributed by atoms with Gasteiger partial charge in [0, 0.05) is 36.5 Å². The number of non-ortho nitro benzene ring substituents is 1. The molecule has 0 spiro atoms. The monoisotopic (exact) mass is 281 g/mol. The molecule has 0 aliphatic heterocycles. The molecule has 0 aliphatic carbocycles. The molecule has 3 aromatic rings. The van der Waals surface area contributed by atoms with Gasteiger partial charge in [0.25, 0.3) is 11.2 Å². The van der Waals surface area contributed by atoms with Gasteiger partial charge in [-0.05, 0) is 17.7 Å². The molecule has 104 valence electrons. The highest BCUT2D eigenvalue weighted by atomic mass is 16.6. The number of pyridine rings is 1. The minimum Gasteiger partial charge on any atom is -0.308 e. The van der Waals surface area contributed by atoms with E-state index in [1.54, 1.807) is 35.0 Å². The van der Waals surface area contributed by atoms with Crippen LogP contribution in [0.3, 0.4) is 0 Å². The predicted octanol–water partition coefficient (Wildman–Crippen LogP) is 2.19. The lowest BCUT2D eigenvalue weighted by Crippen LogP contribution is -2.15. The van der Waals surface area contributed by atoms with E-state index in [1.807, 2.05) is 12.1 Å². The largest absolute Gasteiger partial charge is 0.308 e. The molecule has 0 saturated carbocycles. The Morgan fingerprint density at radius 3 is 2.86 bits per heavy atom. The lowest BCUT2D eigenvalue weighted by atomic mass is 10.1. The molecule has 21 heavy (non-hydrogen) atoms. The maximum Gasteiger partial charge on any atom is 0.276 e. The summed E-state index contributed by atoms with van der Waals surface area (Å²) in [6.07, 6.45) is 3.83. The molecule has 0 radical (unpaired) electrons. The van der Waals surface area contributed by atoms with Crippen LogP contribution in [0.25, 0.3) is 5.65 Å². The fraction of sp³-hybridized carbons (Fsp3) is 0.0667. The van der Waals surface area contributed by atoms with Gasteiger partial charge in [-0.15, -0.1) is 0 Å². The molecular weight excluding hydrogens is 270 g/mol. The zero-order chi connectivity index (χ0) is 14.8. The van der Waals surface area contributed by atoms with Crippen molar-refractivity contribution in [1.82, 2.24) is 9.38 Å². The highest BCUT2D eigenvalue weighted by Gasteiger charge is 2.09. The predicted molar refractivity (Wildman–Crippen MR) is 77.4 cm³/mol. The SMILES string of the molecule is O=c1nc2ccccn2cc1Cc1cccc([N+](=O)[O-])c1. The summed E-state index contributed by atoms with van der Waals surface area (Å²) in [4.78, 5) is 26.3. The Morgan fingerprint density at radius 1 is 1.19 bits per heavy atom. The maximum absolute atomic E-state index is 12.0. The molecule has 1 aromatic carbocycles. The molecule has 0 fully saturated rings. The number of nitro benzene ring substituents is 1. The van der Waals surface area contributed by atoms with E-state index in [4.69, 9.17) is 0 Å². The normalized spacial score (nSPS) is 10.7. The first kappa shape index (κ1) is 13.0. The average molecular weight is 281 g/mol. The summed E-state index contributed by atoms with van der Waals surface area (Å²) in [5, 5.41) is 10.8. The van der Waals surface area contributed by atoms with Gasteiger partial charge >= 0.3 is 0 Å². The number of aromatic nitrogens is 2. The number of benzene rings is 1. The van der Waals surface area contributed by atoms with Gasteiger partial charge in [-0.1, -0.05) is 18.2 Å². The average Bonchev–Trinajstić information content (AvgIpc) is 2.48. The summed E-state index contributed by atoms with van der Waals surface area (Å²) < 4.78 is 1.76. The molecule has 0 aliphatic rings. The Morgan fingerprint density at radius 2 is 2.05 bits per heavy atom. The fourth-order valence-electron chi connectivity index (χ4n) is 2.17. The standard InChI is InChI=1S/C15H11N3O3/c19-15-12(10-17-7-2-1-6-14(17)16-15)8-11-4-3-5-13(9-11)18(20)21/h1-7,9-10H,8H2. The molecular formula is C15H11N3O3. The quantitative estimate of drug-likeness (QED) is 0.544. The third kappa shape index (κ3) is 2.64. The third-order valence-electron chi connectivity index (χ3n) is 3.17. The number of hydrogen-bond acceptors (Lipinski definition) is 4. The molecule has 0 N–H and O–H groups in total. The Hall–Kier alpha value is -3.02. The van der Waals surface area contributed by atoms with E-state index in [1.165, 1.54) is 12.1 Å². The molecule has 2 heterocycles. The van der Waals surface area contributed by atoms with Crippen LogP contribution >= 0.6 is 0 Å². The van der Waals surface area contributed by atoms with Crippen LogP contribution in [0.4, 0.5) is 5.69 Å². The fourth-order valence-corrected chi connectivity index (χ4v) is 2.17.